The summed E-state index contributed by atoms with van der Waals surface area (Å²) < 4.78 is 4.46. The molecule has 0 heterocycles. The third-order valence-corrected chi connectivity index (χ3v) is 3.39. The molecule has 0 unspecified atom stereocenters. The third kappa shape index (κ3) is 3.67. The van der Waals surface area contributed by atoms with Crippen LogP contribution in [0.5, 0.6) is 0 Å². The Morgan fingerprint density at radius 2 is 1.81 bits per heavy atom. The highest BCUT2D eigenvalue weighted by molar-refractivity contribution is 9.10. The average Bonchev–Trinajstić information content (AvgIpc) is 2.30. The molecule has 16 heavy (non-hydrogen) atoms. The van der Waals surface area contributed by atoms with Crippen molar-refractivity contribution < 1.29 is 0 Å². The van der Waals surface area contributed by atoms with Crippen LogP contribution < -0.4 is 4.72 Å². The molecule has 0 radical (unpaired) electrons. The molecule has 0 aliphatic heterocycles. The standard InChI is InChI=1S/C13H12BrNS/c14-12-6-4-5-11(9-12)10-15-16-13-7-2-1-3-8-13/h1-9,15H,10H2. The van der Waals surface area contributed by atoms with E-state index < -0.39 is 0 Å². The first kappa shape index (κ1) is 11.7. The van der Waals surface area contributed by atoms with Crippen LogP contribution in [0.3, 0.4) is 0 Å². The minimum atomic E-state index is 0.860. The van der Waals surface area contributed by atoms with Crippen LogP contribution in [0, 0.1) is 0 Å². The lowest BCUT2D eigenvalue weighted by atomic mass is 10.2. The molecule has 1 nitrogen and oxygen atoms in total. The molecule has 2 rings (SSSR count). The van der Waals surface area contributed by atoms with E-state index in [1.54, 1.807) is 11.9 Å². The van der Waals surface area contributed by atoms with Crippen molar-refractivity contribution in [2.45, 2.75) is 11.4 Å². The molecule has 0 aliphatic rings. The Labute approximate surface area is 109 Å². The topological polar surface area (TPSA) is 12.0 Å². The Morgan fingerprint density at radius 3 is 2.56 bits per heavy atom. The Balaban J connectivity index is 1.85. The SMILES string of the molecule is Brc1cccc(CNSc2ccccc2)c1. The largest absolute Gasteiger partial charge is 0.255 e. The highest BCUT2D eigenvalue weighted by Gasteiger charge is 1.95. The normalized spacial score (nSPS) is 10.3. The zero-order valence-corrected chi connectivity index (χ0v) is 11.1. The minimum Gasteiger partial charge on any atom is -0.255 e. The van der Waals surface area contributed by atoms with Gasteiger partial charge < -0.3 is 0 Å². The van der Waals surface area contributed by atoms with Gasteiger partial charge in [-0.15, -0.1) is 0 Å². The molecule has 0 aromatic heterocycles. The molecule has 0 aliphatic carbocycles. The Morgan fingerprint density at radius 1 is 1.00 bits per heavy atom. The van der Waals surface area contributed by atoms with Crippen molar-refractivity contribution >= 4 is 27.9 Å². The van der Waals surface area contributed by atoms with Crippen LogP contribution in [-0.2, 0) is 6.54 Å². The highest BCUT2D eigenvalue weighted by atomic mass is 79.9. The first-order valence-electron chi connectivity index (χ1n) is 5.04. The van der Waals surface area contributed by atoms with Gasteiger partial charge in [0.05, 0.1) is 0 Å². The second-order valence-corrected chi connectivity index (χ2v) is 5.25. The molecule has 2 aromatic rings. The third-order valence-electron chi connectivity index (χ3n) is 2.10. The summed E-state index contributed by atoms with van der Waals surface area (Å²) in [7, 11) is 0. The molecule has 0 atom stereocenters. The zero-order chi connectivity index (χ0) is 11.2. The summed E-state index contributed by atoms with van der Waals surface area (Å²) in [6.45, 7) is 0.860. The van der Waals surface area contributed by atoms with Gasteiger partial charge in [0.25, 0.3) is 0 Å². The molecule has 3 heteroatoms. The second-order valence-electron chi connectivity index (χ2n) is 3.37. The van der Waals surface area contributed by atoms with Crippen LogP contribution in [-0.4, -0.2) is 0 Å². The molecule has 0 saturated carbocycles. The van der Waals surface area contributed by atoms with Gasteiger partial charge in [0.1, 0.15) is 0 Å². The second kappa shape index (κ2) is 6.09. The van der Waals surface area contributed by atoms with Crippen molar-refractivity contribution in [2.75, 3.05) is 0 Å². The molecular formula is C13H12BrNS. The Hall–Kier alpha value is -0.770. The van der Waals surface area contributed by atoms with Crippen LogP contribution in [0.25, 0.3) is 0 Å². The number of nitrogens with one attached hydrogen (secondary N) is 1. The summed E-state index contributed by atoms with van der Waals surface area (Å²) in [5.41, 5.74) is 1.28. The van der Waals surface area contributed by atoms with E-state index in [4.69, 9.17) is 0 Å². The van der Waals surface area contributed by atoms with Crippen LogP contribution in [0.15, 0.2) is 64.0 Å². The number of hydrogen-bond donors (Lipinski definition) is 1. The lowest BCUT2D eigenvalue weighted by Gasteiger charge is -2.04. The summed E-state index contributed by atoms with van der Waals surface area (Å²) in [4.78, 5) is 1.23. The van der Waals surface area contributed by atoms with E-state index in [1.165, 1.54) is 10.5 Å². The van der Waals surface area contributed by atoms with E-state index >= 15 is 0 Å². The van der Waals surface area contributed by atoms with Gasteiger partial charge in [-0.1, -0.05) is 46.3 Å². The molecule has 2 aromatic carbocycles. The fourth-order valence-corrected chi connectivity index (χ4v) is 2.48. The minimum absolute atomic E-state index is 0.860. The van der Waals surface area contributed by atoms with Crippen molar-refractivity contribution in [3.05, 3.63) is 64.6 Å². The van der Waals surface area contributed by atoms with Gasteiger partial charge in [-0.3, -0.25) is 4.72 Å². The average molecular weight is 294 g/mol. The van der Waals surface area contributed by atoms with Gasteiger partial charge in [-0.2, -0.15) is 0 Å². The van der Waals surface area contributed by atoms with Crippen LogP contribution >= 0.6 is 27.9 Å². The van der Waals surface area contributed by atoms with E-state index in [0.29, 0.717) is 0 Å². The van der Waals surface area contributed by atoms with Crippen LogP contribution in [0.4, 0.5) is 0 Å². The van der Waals surface area contributed by atoms with E-state index in [1.807, 2.05) is 30.3 Å². The van der Waals surface area contributed by atoms with E-state index in [-0.39, 0.29) is 0 Å². The molecule has 0 saturated heterocycles. The van der Waals surface area contributed by atoms with Crippen molar-refractivity contribution in [3.63, 3.8) is 0 Å². The maximum atomic E-state index is 3.46. The summed E-state index contributed by atoms with van der Waals surface area (Å²) in [6, 6.07) is 18.6. The Kier molecular flexibility index (Phi) is 4.45. The summed E-state index contributed by atoms with van der Waals surface area (Å²) in [6.07, 6.45) is 0. The fourth-order valence-electron chi connectivity index (χ4n) is 1.34. The maximum Gasteiger partial charge on any atom is 0.0313 e. The van der Waals surface area contributed by atoms with Crippen molar-refractivity contribution in [1.82, 2.24) is 4.72 Å². The molecule has 82 valence electrons. The number of hydrogen-bond acceptors (Lipinski definition) is 2. The maximum absolute atomic E-state index is 3.46. The lowest BCUT2D eigenvalue weighted by Crippen LogP contribution is -2.02. The van der Waals surface area contributed by atoms with Crippen LogP contribution in [0.1, 0.15) is 5.56 Å². The summed E-state index contributed by atoms with van der Waals surface area (Å²) in [5, 5.41) is 0. The molecule has 1 N–H and O–H groups in total. The van der Waals surface area contributed by atoms with Crippen molar-refractivity contribution in [2.24, 2.45) is 0 Å². The molecule has 0 spiro atoms. The lowest BCUT2D eigenvalue weighted by molar-refractivity contribution is 0.974. The van der Waals surface area contributed by atoms with Crippen molar-refractivity contribution in [3.8, 4) is 0 Å². The smallest absolute Gasteiger partial charge is 0.0313 e. The van der Waals surface area contributed by atoms with Gasteiger partial charge in [-0.25, -0.2) is 0 Å². The predicted octanol–water partition coefficient (Wildman–Crippen LogP) is 4.25. The first-order valence-corrected chi connectivity index (χ1v) is 6.65. The van der Waals surface area contributed by atoms with Gasteiger partial charge in [0.2, 0.25) is 0 Å². The predicted molar refractivity (Wildman–Crippen MR) is 73.3 cm³/mol. The van der Waals surface area contributed by atoms with Gasteiger partial charge >= 0.3 is 0 Å². The Bertz CT molecular complexity index is 445. The van der Waals surface area contributed by atoms with E-state index in [2.05, 4.69) is 44.9 Å². The quantitative estimate of drug-likeness (QED) is 0.846. The highest BCUT2D eigenvalue weighted by Crippen LogP contribution is 2.15. The number of rotatable bonds is 4. The molecule has 0 bridgehead atoms. The number of halogens is 1. The first-order chi connectivity index (χ1) is 7.84. The fraction of sp³-hybridized carbons (Fsp3) is 0.0769. The molecule has 0 fully saturated rings. The number of benzene rings is 2. The summed E-state index contributed by atoms with van der Waals surface area (Å²) >= 11 is 5.12. The monoisotopic (exact) mass is 293 g/mol. The van der Waals surface area contributed by atoms with E-state index in [9.17, 15) is 0 Å². The van der Waals surface area contributed by atoms with Gasteiger partial charge in [0, 0.05) is 15.9 Å². The van der Waals surface area contributed by atoms with Crippen molar-refractivity contribution in [1.29, 1.82) is 0 Å². The van der Waals surface area contributed by atoms with E-state index in [0.717, 1.165) is 11.0 Å². The summed E-state index contributed by atoms with van der Waals surface area (Å²) in [5.74, 6) is 0. The van der Waals surface area contributed by atoms with Crippen LogP contribution in [0.2, 0.25) is 0 Å². The van der Waals surface area contributed by atoms with Gasteiger partial charge in [0.15, 0.2) is 0 Å². The molecular weight excluding hydrogens is 282 g/mol. The van der Waals surface area contributed by atoms with Gasteiger partial charge in [-0.05, 0) is 41.8 Å². The molecule has 0 amide bonds. The zero-order valence-electron chi connectivity index (χ0n) is 8.69.